The van der Waals surface area contributed by atoms with Gasteiger partial charge in [-0.25, -0.2) is 0 Å². The van der Waals surface area contributed by atoms with Gasteiger partial charge in [0.2, 0.25) is 11.8 Å². The van der Waals surface area contributed by atoms with Crippen molar-refractivity contribution in [1.82, 2.24) is 10.2 Å². The monoisotopic (exact) mass is 405 g/mol. The number of rotatable bonds is 5. The van der Waals surface area contributed by atoms with E-state index in [2.05, 4.69) is 15.5 Å². The second kappa shape index (κ2) is 8.16. The SMILES string of the molecule is COc1ccc(Cl)cc1C(=O)Nc1cccc(-c2nnc(-c3ccccc3)o2)c1. The normalized spacial score (nSPS) is 10.6. The number of nitrogens with one attached hydrogen (secondary N) is 1. The van der Waals surface area contributed by atoms with Gasteiger partial charge in [-0.1, -0.05) is 35.9 Å². The number of carbonyl (C=O) groups excluding carboxylic acids is 1. The van der Waals surface area contributed by atoms with Crippen molar-refractivity contribution >= 4 is 23.2 Å². The van der Waals surface area contributed by atoms with Crippen molar-refractivity contribution in [2.24, 2.45) is 0 Å². The van der Waals surface area contributed by atoms with Gasteiger partial charge in [-0.15, -0.1) is 10.2 Å². The molecule has 0 atom stereocenters. The van der Waals surface area contributed by atoms with Crippen LogP contribution in [0, 0.1) is 0 Å². The zero-order valence-corrected chi connectivity index (χ0v) is 16.2. The number of aromatic nitrogens is 2. The Morgan fingerprint density at radius 2 is 1.66 bits per heavy atom. The third-order valence-electron chi connectivity index (χ3n) is 4.22. The van der Waals surface area contributed by atoms with E-state index in [1.807, 2.05) is 36.4 Å². The maximum absolute atomic E-state index is 12.7. The highest BCUT2D eigenvalue weighted by molar-refractivity contribution is 6.31. The second-order valence-corrected chi connectivity index (χ2v) is 6.59. The molecule has 4 rings (SSSR count). The molecule has 1 N–H and O–H groups in total. The lowest BCUT2D eigenvalue weighted by molar-refractivity contribution is 0.102. The first-order chi connectivity index (χ1) is 14.1. The number of amides is 1. The minimum Gasteiger partial charge on any atom is -0.496 e. The van der Waals surface area contributed by atoms with Gasteiger partial charge < -0.3 is 14.5 Å². The molecule has 0 aliphatic rings. The lowest BCUT2D eigenvalue weighted by atomic mass is 10.1. The molecular weight excluding hydrogens is 390 g/mol. The topological polar surface area (TPSA) is 77.2 Å². The van der Waals surface area contributed by atoms with Crippen LogP contribution in [0.5, 0.6) is 5.75 Å². The van der Waals surface area contributed by atoms with Gasteiger partial charge in [0.05, 0.1) is 12.7 Å². The predicted molar refractivity (Wildman–Crippen MR) is 111 cm³/mol. The minimum absolute atomic E-state index is 0.336. The summed E-state index contributed by atoms with van der Waals surface area (Å²) in [6.07, 6.45) is 0. The van der Waals surface area contributed by atoms with Crippen LogP contribution in [0.25, 0.3) is 22.9 Å². The van der Waals surface area contributed by atoms with E-state index < -0.39 is 0 Å². The van der Waals surface area contributed by atoms with E-state index in [-0.39, 0.29) is 5.91 Å². The molecule has 0 unspecified atom stereocenters. The quantitative estimate of drug-likeness (QED) is 0.486. The first-order valence-corrected chi connectivity index (χ1v) is 9.16. The predicted octanol–water partition coefficient (Wildman–Crippen LogP) is 5.32. The Labute approximate surface area is 172 Å². The van der Waals surface area contributed by atoms with Crippen LogP contribution in [0.15, 0.2) is 77.2 Å². The third-order valence-corrected chi connectivity index (χ3v) is 4.45. The molecule has 0 bridgehead atoms. The molecule has 7 heteroatoms. The Bertz CT molecular complexity index is 1160. The van der Waals surface area contributed by atoms with Gasteiger partial charge >= 0.3 is 0 Å². The van der Waals surface area contributed by atoms with Crippen LogP contribution in [0.3, 0.4) is 0 Å². The molecule has 0 fully saturated rings. The third kappa shape index (κ3) is 4.12. The summed E-state index contributed by atoms with van der Waals surface area (Å²) in [5.41, 5.74) is 2.45. The number of hydrogen-bond acceptors (Lipinski definition) is 5. The average Bonchev–Trinajstić information content (AvgIpc) is 3.25. The van der Waals surface area contributed by atoms with E-state index in [1.54, 1.807) is 36.4 Å². The van der Waals surface area contributed by atoms with Gasteiger partial charge in [-0.3, -0.25) is 4.79 Å². The van der Waals surface area contributed by atoms with Gasteiger partial charge in [0.15, 0.2) is 0 Å². The number of nitrogens with zero attached hydrogens (tertiary/aromatic N) is 2. The van der Waals surface area contributed by atoms with Crippen molar-refractivity contribution in [2.45, 2.75) is 0 Å². The molecule has 0 saturated carbocycles. The first-order valence-electron chi connectivity index (χ1n) is 8.78. The lowest BCUT2D eigenvalue weighted by Crippen LogP contribution is -2.13. The Morgan fingerprint density at radius 3 is 2.41 bits per heavy atom. The molecule has 29 heavy (non-hydrogen) atoms. The van der Waals surface area contributed by atoms with Crippen LogP contribution in [-0.4, -0.2) is 23.2 Å². The molecule has 4 aromatic rings. The van der Waals surface area contributed by atoms with E-state index in [0.29, 0.717) is 39.4 Å². The van der Waals surface area contributed by atoms with Crippen LogP contribution < -0.4 is 10.1 Å². The molecule has 3 aromatic carbocycles. The summed E-state index contributed by atoms with van der Waals surface area (Å²) in [6, 6.07) is 21.5. The second-order valence-electron chi connectivity index (χ2n) is 6.16. The number of carbonyl (C=O) groups is 1. The molecular formula is C22H16ClN3O3. The van der Waals surface area contributed by atoms with E-state index >= 15 is 0 Å². The van der Waals surface area contributed by atoms with Gasteiger partial charge in [-0.05, 0) is 48.5 Å². The largest absolute Gasteiger partial charge is 0.496 e. The highest BCUT2D eigenvalue weighted by Crippen LogP contribution is 2.27. The molecule has 1 aromatic heterocycles. The van der Waals surface area contributed by atoms with E-state index in [4.69, 9.17) is 20.8 Å². The highest BCUT2D eigenvalue weighted by atomic mass is 35.5. The van der Waals surface area contributed by atoms with Crippen molar-refractivity contribution in [3.8, 4) is 28.7 Å². The number of halogens is 1. The van der Waals surface area contributed by atoms with E-state index in [0.717, 1.165) is 5.56 Å². The summed E-state index contributed by atoms with van der Waals surface area (Å²) < 4.78 is 11.0. The molecule has 1 amide bonds. The number of hydrogen-bond donors (Lipinski definition) is 1. The van der Waals surface area contributed by atoms with Crippen LogP contribution in [0.2, 0.25) is 5.02 Å². The summed E-state index contributed by atoms with van der Waals surface area (Å²) in [7, 11) is 1.50. The van der Waals surface area contributed by atoms with E-state index in [1.165, 1.54) is 7.11 Å². The van der Waals surface area contributed by atoms with Gasteiger partial charge in [-0.2, -0.15) is 0 Å². The van der Waals surface area contributed by atoms with Crippen molar-refractivity contribution in [2.75, 3.05) is 12.4 Å². The van der Waals surface area contributed by atoms with Gasteiger partial charge in [0.1, 0.15) is 5.75 Å². The zero-order valence-electron chi connectivity index (χ0n) is 15.4. The Hall–Kier alpha value is -3.64. The maximum atomic E-state index is 12.7. The smallest absolute Gasteiger partial charge is 0.259 e. The highest BCUT2D eigenvalue weighted by Gasteiger charge is 2.15. The number of ether oxygens (including phenoxy) is 1. The van der Waals surface area contributed by atoms with Crippen LogP contribution in [-0.2, 0) is 0 Å². The van der Waals surface area contributed by atoms with Crippen molar-refractivity contribution < 1.29 is 13.9 Å². The van der Waals surface area contributed by atoms with Crippen molar-refractivity contribution in [3.63, 3.8) is 0 Å². The van der Waals surface area contributed by atoms with Crippen LogP contribution in [0.1, 0.15) is 10.4 Å². The summed E-state index contributed by atoms with van der Waals surface area (Å²) in [4.78, 5) is 12.7. The first kappa shape index (κ1) is 18.7. The van der Waals surface area contributed by atoms with Crippen molar-refractivity contribution in [3.05, 3.63) is 83.4 Å². The van der Waals surface area contributed by atoms with Gasteiger partial charge in [0.25, 0.3) is 5.91 Å². The fourth-order valence-corrected chi connectivity index (χ4v) is 3.00. The summed E-state index contributed by atoms with van der Waals surface area (Å²) >= 11 is 6.02. The van der Waals surface area contributed by atoms with Crippen molar-refractivity contribution in [1.29, 1.82) is 0 Å². The molecule has 0 aliphatic heterocycles. The molecule has 0 aliphatic carbocycles. The summed E-state index contributed by atoms with van der Waals surface area (Å²) in [6.45, 7) is 0. The summed E-state index contributed by atoms with van der Waals surface area (Å²) in [5.74, 6) is 0.892. The average molecular weight is 406 g/mol. The molecule has 0 radical (unpaired) electrons. The molecule has 0 spiro atoms. The molecule has 6 nitrogen and oxygen atoms in total. The maximum Gasteiger partial charge on any atom is 0.259 e. The molecule has 1 heterocycles. The number of anilines is 1. The number of benzene rings is 3. The van der Waals surface area contributed by atoms with Crippen LogP contribution in [0.4, 0.5) is 5.69 Å². The standard InChI is InChI=1S/C22H16ClN3O3/c1-28-19-11-10-16(23)13-18(19)20(27)24-17-9-5-8-15(12-17)22-26-25-21(29-22)14-6-3-2-4-7-14/h2-13H,1H3,(H,24,27). The molecule has 144 valence electrons. The van der Waals surface area contributed by atoms with Gasteiger partial charge in [0, 0.05) is 21.8 Å². The zero-order chi connectivity index (χ0) is 20.2. The van der Waals surface area contributed by atoms with E-state index in [9.17, 15) is 4.79 Å². The fourth-order valence-electron chi connectivity index (χ4n) is 2.82. The molecule has 0 saturated heterocycles. The fraction of sp³-hybridized carbons (Fsp3) is 0.0455. The van der Waals surface area contributed by atoms with Crippen LogP contribution >= 0.6 is 11.6 Å². The Kier molecular flexibility index (Phi) is 5.27. The number of methoxy groups -OCH3 is 1. The lowest BCUT2D eigenvalue weighted by Gasteiger charge is -2.10. The minimum atomic E-state index is -0.336. The summed E-state index contributed by atoms with van der Waals surface area (Å²) in [5, 5.41) is 11.5. The Balaban J connectivity index is 1.58. The Morgan fingerprint density at radius 1 is 0.931 bits per heavy atom.